The van der Waals surface area contributed by atoms with Crippen LogP contribution in [0, 0.1) is 0 Å². The summed E-state index contributed by atoms with van der Waals surface area (Å²) < 4.78 is 0.822. The molecule has 0 saturated heterocycles. The highest BCUT2D eigenvalue weighted by Crippen LogP contribution is 2.04. The van der Waals surface area contributed by atoms with Crippen LogP contribution in [0.15, 0.2) is 28.3 Å². The topological polar surface area (TPSA) is 12.4 Å². The third-order valence-electron chi connectivity index (χ3n) is 0.561. The minimum absolute atomic E-state index is 0.508. The van der Waals surface area contributed by atoms with E-state index in [1.54, 1.807) is 19.2 Å². The second-order valence-corrected chi connectivity index (χ2v) is 2.81. The van der Waals surface area contributed by atoms with E-state index >= 15 is 0 Å². The maximum absolute atomic E-state index is 5.43. The van der Waals surface area contributed by atoms with Gasteiger partial charge in [-0.05, 0) is 22.9 Å². The van der Waals surface area contributed by atoms with Crippen LogP contribution < -0.4 is 0 Å². The summed E-state index contributed by atoms with van der Waals surface area (Å²) in [5.74, 6) is 0. The van der Waals surface area contributed by atoms with Crippen LogP contribution in [0.2, 0.25) is 0 Å². The van der Waals surface area contributed by atoms with Crippen LogP contribution in [-0.2, 0) is 0 Å². The first-order chi connectivity index (χ1) is 4.16. The molecule has 0 radical (unpaired) electrons. The molecule has 0 aromatic carbocycles. The van der Waals surface area contributed by atoms with Gasteiger partial charge in [-0.2, -0.15) is 0 Å². The highest BCUT2D eigenvalue weighted by Gasteiger charge is 1.79. The molecule has 0 spiro atoms. The van der Waals surface area contributed by atoms with Gasteiger partial charge in [0.2, 0.25) is 0 Å². The first-order valence-corrected chi connectivity index (χ1v) is 3.52. The van der Waals surface area contributed by atoms with E-state index in [9.17, 15) is 0 Å². The average Bonchev–Trinajstić information content (AvgIpc) is 1.83. The van der Waals surface area contributed by atoms with Crippen molar-refractivity contribution in [2.24, 2.45) is 4.99 Å². The van der Waals surface area contributed by atoms with E-state index in [2.05, 4.69) is 27.5 Å². The van der Waals surface area contributed by atoms with E-state index in [-0.39, 0.29) is 0 Å². The van der Waals surface area contributed by atoms with E-state index in [0.29, 0.717) is 5.17 Å². The van der Waals surface area contributed by atoms with Crippen molar-refractivity contribution >= 4 is 32.7 Å². The zero-order chi connectivity index (χ0) is 7.28. The summed E-state index contributed by atoms with van der Waals surface area (Å²) in [5, 5.41) is 0.508. The van der Waals surface area contributed by atoms with E-state index < -0.39 is 0 Å². The number of aliphatic imine (C=N–C) groups is 1. The molecule has 0 atom stereocenters. The Kier molecular flexibility index (Phi) is 4.72. The number of allylic oxidation sites excluding steroid dienone is 2. The van der Waals surface area contributed by atoms with Gasteiger partial charge in [0.1, 0.15) is 5.17 Å². The van der Waals surface area contributed by atoms with Gasteiger partial charge in [-0.15, -0.1) is 0 Å². The lowest BCUT2D eigenvalue weighted by Crippen LogP contribution is -1.70. The highest BCUT2D eigenvalue weighted by atomic mass is 79.9. The molecule has 1 nitrogen and oxygen atoms in total. The monoisotopic (exact) mass is 207 g/mol. The lowest BCUT2D eigenvalue weighted by molar-refractivity contribution is 1.55. The SMILES string of the molecule is C=C/C(Br)=C\N=C(/C)Cl. The molecule has 0 aromatic heterocycles. The molecule has 50 valence electrons. The smallest absolute Gasteiger partial charge is 0.103 e. The fourth-order valence-electron chi connectivity index (χ4n) is 0.203. The van der Waals surface area contributed by atoms with Crippen LogP contribution in [0.5, 0.6) is 0 Å². The maximum atomic E-state index is 5.43. The van der Waals surface area contributed by atoms with E-state index in [0.717, 1.165) is 4.48 Å². The quantitative estimate of drug-likeness (QED) is 0.488. The summed E-state index contributed by atoms with van der Waals surface area (Å²) in [6.45, 7) is 5.22. The van der Waals surface area contributed by atoms with E-state index in [4.69, 9.17) is 11.6 Å². The third kappa shape index (κ3) is 5.80. The molecular formula is C6H7BrClN. The lowest BCUT2D eigenvalue weighted by Gasteiger charge is -1.82. The van der Waals surface area contributed by atoms with Gasteiger partial charge in [0.05, 0.1) is 0 Å². The van der Waals surface area contributed by atoms with Crippen LogP contribution in [0.25, 0.3) is 0 Å². The largest absolute Gasteiger partial charge is 0.248 e. The van der Waals surface area contributed by atoms with Crippen molar-refractivity contribution in [3.63, 3.8) is 0 Å². The van der Waals surface area contributed by atoms with Crippen molar-refractivity contribution in [2.75, 3.05) is 0 Å². The predicted molar refractivity (Wildman–Crippen MR) is 46.2 cm³/mol. The Hall–Kier alpha value is -0.0800. The zero-order valence-electron chi connectivity index (χ0n) is 5.06. The van der Waals surface area contributed by atoms with Crippen LogP contribution in [0.4, 0.5) is 0 Å². The standard InChI is InChI=1S/C6H7BrClN/c1-3-6(7)4-9-5(2)8/h3-4H,1H2,2H3/b6-4+,9-5+. The summed E-state index contributed by atoms with van der Waals surface area (Å²) in [5.41, 5.74) is 0. The number of hydrogen-bond donors (Lipinski definition) is 0. The lowest BCUT2D eigenvalue weighted by atomic mass is 10.6. The van der Waals surface area contributed by atoms with Crippen LogP contribution in [-0.4, -0.2) is 5.17 Å². The van der Waals surface area contributed by atoms with Crippen LogP contribution >= 0.6 is 27.5 Å². The number of halogens is 2. The molecule has 0 unspecified atom stereocenters. The van der Waals surface area contributed by atoms with E-state index in [1.165, 1.54) is 0 Å². The molecule has 0 aliphatic rings. The van der Waals surface area contributed by atoms with Gasteiger partial charge in [-0.25, -0.2) is 4.99 Å². The van der Waals surface area contributed by atoms with Gasteiger partial charge in [-0.1, -0.05) is 24.3 Å². The second kappa shape index (κ2) is 4.77. The fraction of sp³-hybridized carbons (Fsp3) is 0.167. The Morgan fingerprint density at radius 2 is 2.33 bits per heavy atom. The van der Waals surface area contributed by atoms with Crippen LogP contribution in [0.1, 0.15) is 6.92 Å². The summed E-state index contributed by atoms with van der Waals surface area (Å²) in [4.78, 5) is 3.80. The maximum Gasteiger partial charge on any atom is 0.103 e. The highest BCUT2D eigenvalue weighted by molar-refractivity contribution is 9.11. The molecule has 0 aliphatic carbocycles. The fourth-order valence-corrected chi connectivity index (χ4v) is 0.354. The minimum Gasteiger partial charge on any atom is -0.248 e. The van der Waals surface area contributed by atoms with Gasteiger partial charge in [-0.3, -0.25) is 0 Å². The molecule has 0 heterocycles. The van der Waals surface area contributed by atoms with Gasteiger partial charge in [0.25, 0.3) is 0 Å². The molecular weight excluding hydrogens is 201 g/mol. The van der Waals surface area contributed by atoms with E-state index in [1.807, 2.05) is 0 Å². The van der Waals surface area contributed by atoms with Crippen molar-refractivity contribution in [3.05, 3.63) is 23.3 Å². The number of rotatable bonds is 2. The Morgan fingerprint density at radius 3 is 2.67 bits per heavy atom. The molecule has 0 bridgehead atoms. The number of hydrogen-bond acceptors (Lipinski definition) is 1. The first-order valence-electron chi connectivity index (χ1n) is 2.35. The molecule has 0 amide bonds. The van der Waals surface area contributed by atoms with Gasteiger partial charge in [0, 0.05) is 10.7 Å². The van der Waals surface area contributed by atoms with Crippen molar-refractivity contribution in [1.29, 1.82) is 0 Å². The molecule has 9 heavy (non-hydrogen) atoms. The molecule has 0 N–H and O–H groups in total. The van der Waals surface area contributed by atoms with Crippen LogP contribution in [0.3, 0.4) is 0 Å². The Balaban J connectivity index is 3.98. The second-order valence-electron chi connectivity index (χ2n) is 1.34. The predicted octanol–water partition coefficient (Wildman–Crippen LogP) is 3.07. The molecule has 0 aliphatic heterocycles. The molecule has 0 aromatic rings. The molecule has 0 fully saturated rings. The van der Waals surface area contributed by atoms with Crippen molar-refractivity contribution < 1.29 is 0 Å². The van der Waals surface area contributed by atoms with Gasteiger partial charge < -0.3 is 0 Å². The molecule has 0 saturated carbocycles. The van der Waals surface area contributed by atoms with Crippen molar-refractivity contribution in [2.45, 2.75) is 6.92 Å². The molecule has 0 rings (SSSR count). The van der Waals surface area contributed by atoms with Crippen molar-refractivity contribution in [3.8, 4) is 0 Å². The number of nitrogens with zero attached hydrogens (tertiary/aromatic N) is 1. The zero-order valence-corrected chi connectivity index (χ0v) is 7.41. The summed E-state index contributed by atoms with van der Waals surface area (Å²) in [6, 6.07) is 0. The summed E-state index contributed by atoms with van der Waals surface area (Å²) in [7, 11) is 0. The minimum atomic E-state index is 0.508. The average molecular weight is 208 g/mol. The third-order valence-corrected chi connectivity index (χ3v) is 1.19. The normalized spacial score (nSPS) is 13.7. The Labute approximate surface area is 68.3 Å². The summed E-state index contributed by atoms with van der Waals surface area (Å²) in [6.07, 6.45) is 3.23. The van der Waals surface area contributed by atoms with Gasteiger partial charge in [0.15, 0.2) is 0 Å². The Morgan fingerprint density at radius 1 is 1.78 bits per heavy atom. The first kappa shape index (κ1) is 8.92. The Bertz CT molecular complexity index is 156. The van der Waals surface area contributed by atoms with Gasteiger partial charge >= 0.3 is 0 Å². The molecule has 3 heteroatoms. The van der Waals surface area contributed by atoms with Crippen molar-refractivity contribution in [1.82, 2.24) is 0 Å². The summed E-state index contributed by atoms with van der Waals surface area (Å²) >= 11 is 8.61.